The Bertz CT molecular complexity index is 1050. The summed E-state index contributed by atoms with van der Waals surface area (Å²) in [6, 6.07) is 0.105. The molecule has 42 heavy (non-hydrogen) atoms. The molecule has 6 fully saturated rings. The number of carbonyl (C=O) groups excluding carboxylic acids is 2. The third-order valence-electron chi connectivity index (χ3n) is 9.73. The summed E-state index contributed by atoms with van der Waals surface area (Å²) in [7, 11) is 0. The molecule has 16 nitrogen and oxygen atoms in total. The maximum atomic E-state index is 12.9. The second kappa shape index (κ2) is 12.2. The molecule has 1 saturated carbocycles. The van der Waals surface area contributed by atoms with Crippen LogP contribution in [0.5, 0.6) is 0 Å². The highest BCUT2D eigenvalue weighted by molar-refractivity contribution is 5.95. The highest BCUT2D eigenvalue weighted by Gasteiger charge is 2.53. The van der Waals surface area contributed by atoms with Crippen molar-refractivity contribution in [3.05, 3.63) is 12.0 Å². The Morgan fingerprint density at radius 2 is 1.98 bits per heavy atom. The minimum Gasteiger partial charge on any atom is -0.472 e. The van der Waals surface area contributed by atoms with Gasteiger partial charge in [0, 0.05) is 49.6 Å². The number of hydrogen-bond donors (Lipinski definition) is 8. The molecule has 1 amide bonds. The first-order chi connectivity index (χ1) is 20.5. The largest absolute Gasteiger partial charge is 0.472 e. The van der Waals surface area contributed by atoms with Gasteiger partial charge in [0.2, 0.25) is 5.91 Å². The van der Waals surface area contributed by atoms with Gasteiger partial charge >= 0.3 is 0 Å². The summed E-state index contributed by atoms with van der Waals surface area (Å²) >= 11 is 0. The van der Waals surface area contributed by atoms with Gasteiger partial charge in [-0.05, 0) is 12.8 Å². The number of nitrogens with one attached hydrogen (secondary N) is 6. The molecule has 0 aromatic rings. The van der Waals surface area contributed by atoms with E-state index in [1.807, 2.05) is 5.01 Å². The molecule has 0 aromatic carbocycles. The lowest BCUT2D eigenvalue weighted by molar-refractivity contribution is -0.134. The van der Waals surface area contributed by atoms with Crippen molar-refractivity contribution in [2.75, 3.05) is 39.6 Å². The number of rotatable bonds is 7. The molecule has 5 saturated heterocycles. The zero-order chi connectivity index (χ0) is 28.8. The summed E-state index contributed by atoms with van der Waals surface area (Å²) < 4.78 is 17.7. The van der Waals surface area contributed by atoms with E-state index < -0.39 is 36.4 Å². The minimum absolute atomic E-state index is 0.0713. The van der Waals surface area contributed by atoms with Crippen LogP contribution in [-0.4, -0.2) is 116 Å². The third kappa shape index (κ3) is 5.54. The summed E-state index contributed by atoms with van der Waals surface area (Å²) in [5, 5.41) is 16.1. The molecule has 0 spiro atoms. The van der Waals surface area contributed by atoms with Gasteiger partial charge in [-0.25, -0.2) is 5.43 Å². The summed E-state index contributed by atoms with van der Waals surface area (Å²) in [5.41, 5.74) is 18.8. The number of hydrogen-bond acceptors (Lipinski definition) is 15. The van der Waals surface area contributed by atoms with E-state index in [-0.39, 0.29) is 42.3 Å². The van der Waals surface area contributed by atoms with Crippen LogP contribution in [0.15, 0.2) is 12.0 Å². The molecule has 0 radical (unpaired) electrons. The monoisotopic (exact) mass is 592 g/mol. The second-order valence-corrected chi connectivity index (χ2v) is 12.3. The Morgan fingerprint density at radius 1 is 1.14 bits per heavy atom. The maximum absolute atomic E-state index is 12.9. The fourth-order valence-corrected chi connectivity index (χ4v) is 7.45. The maximum Gasteiger partial charge on any atom is 0.226 e. The van der Waals surface area contributed by atoms with Crippen LogP contribution < -0.4 is 43.6 Å². The Morgan fingerprint density at radius 3 is 2.79 bits per heavy atom. The zero-order valence-electron chi connectivity index (χ0n) is 23.7. The number of fused-ring (bicyclic) bond motifs is 2. The van der Waals surface area contributed by atoms with Crippen molar-refractivity contribution in [3.8, 4) is 0 Å². The van der Waals surface area contributed by atoms with Crippen LogP contribution in [-0.2, 0) is 28.6 Å². The van der Waals surface area contributed by atoms with E-state index in [0.717, 1.165) is 25.7 Å². The summed E-state index contributed by atoms with van der Waals surface area (Å²) in [6.07, 6.45) is 3.86. The summed E-state index contributed by atoms with van der Waals surface area (Å²) in [5.74, 6) is -0.591. The van der Waals surface area contributed by atoms with Crippen molar-refractivity contribution in [3.63, 3.8) is 0 Å². The molecule has 7 rings (SSSR count). The Kier molecular flexibility index (Phi) is 8.36. The van der Waals surface area contributed by atoms with Crippen molar-refractivity contribution in [2.24, 2.45) is 23.3 Å². The molecule has 0 bridgehead atoms. The molecular formula is C26H44N10O6. The van der Waals surface area contributed by atoms with Crippen LogP contribution in [0.1, 0.15) is 32.1 Å². The van der Waals surface area contributed by atoms with E-state index >= 15 is 0 Å². The molecule has 9 unspecified atom stereocenters. The SMILES string of the molecule is NC(=O)C1C(NC2CC(C3COC4C(=O)C=C(N5CCOCC5)OC43)NO2)NC(N[C@H]2CCCC[C@H]2N)N2NCNC12. The van der Waals surface area contributed by atoms with E-state index in [1.54, 1.807) is 6.08 Å². The lowest BCUT2D eigenvalue weighted by Gasteiger charge is -2.48. The van der Waals surface area contributed by atoms with Crippen molar-refractivity contribution < 1.29 is 28.6 Å². The average Bonchev–Trinajstić information content (AvgIpc) is 3.75. The normalized spacial score (nSPS) is 44.4. The van der Waals surface area contributed by atoms with Crippen molar-refractivity contribution >= 4 is 11.7 Å². The molecule has 7 aliphatic rings. The predicted octanol–water partition coefficient (Wildman–Crippen LogP) is -3.78. The quantitative estimate of drug-likeness (QED) is 0.143. The van der Waals surface area contributed by atoms with E-state index in [2.05, 4.69) is 37.1 Å². The summed E-state index contributed by atoms with van der Waals surface area (Å²) in [4.78, 5) is 33.7. The number of nitrogens with zero attached hydrogens (tertiary/aromatic N) is 2. The molecule has 11 atom stereocenters. The highest BCUT2D eigenvalue weighted by Crippen LogP contribution is 2.36. The Labute approximate surface area is 244 Å². The second-order valence-electron chi connectivity index (χ2n) is 12.3. The first-order valence-electron chi connectivity index (χ1n) is 15.3. The molecule has 234 valence electrons. The number of carbonyl (C=O) groups is 2. The highest BCUT2D eigenvalue weighted by atomic mass is 16.7. The van der Waals surface area contributed by atoms with Gasteiger partial charge in [0.05, 0.1) is 44.7 Å². The topological polar surface area (TPSA) is 202 Å². The number of hydroxylamine groups is 1. The lowest BCUT2D eigenvalue weighted by Crippen LogP contribution is -2.77. The number of hydrazine groups is 1. The number of ether oxygens (including phenoxy) is 3. The number of morpholine rings is 1. The molecular weight excluding hydrogens is 548 g/mol. The molecule has 0 aromatic heterocycles. The van der Waals surface area contributed by atoms with Crippen LogP contribution in [0.2, 0.25) is 0 Å². The molecule has 1 aliphatic carbocycles. The fraction of sp³-hybridized carbons (Fsp3) is 0.846. The minimum atomic E-state index is -0.627. The van der Waals surface area contributed by atoms with Crippen LogP contribution in [0.25, 0.3) is 0 Å². The number of nitrogens with two attached hydrogens (primary N) is 2. The van der Waals surface area contributed by atoms with Gasteiger partial charge in [-0.2, -0.15) is 10.5 Å². The van der Waals surface area contributed by atoms with E-state index in [1.165, 1.54) is 0 Å². The van der Waals surface area contributed by atoms with Crippen LogP contribution in [0, 0.1) is 11.8 Å². The van der Waals surface area contributed by atoms with Gasteiger partial charge < -0.3 is 30.6 Å². The van der Waals surface area contributed by atoms with Gasteiger partial charge in [-0.1, -0.05) is 12.8 Å². The molecule has 16 heteroatoms. The number of ketones is 1. The summed E-state index contributed by atoms with van der Waals surface area (Å²) in [6.45, 7) is 3.46. The smallest absolute Gasteiger partial charge is 0.226 e. The van der Waals surface area contributed by atoms with Gasteiger partial charge in [0.15, 0.2) is 17.8 Å². The predicted molar refractivity (Wildman–Crippen MR) is 147 cm³/mol. The van der Waals surface area contributed by atoms with Crippen LogP contribution >= 0.6 is 0 Å². The molecule has 10 N–H and O–H groups in total. The van der Waals surface area contributed by atoms with Gasteiger partial charge in [0.1, 0.15) is 18.6 Å². The Hall–Kier alpha value is -1.96. The Balaban J connectivity index is 1.01. The molecule has 6 heterocycles. The van der Waals surface area contributed by atoms with Crippen molar-refractivity contribution in [2.45, 2.75) is 87.3 Å². The third-order valence-corrected chi connectivity index (χ3v) is 9.73. The van der Waals surface area contributed by atoms with E-state index in [0.29, 0.717) is 51.9 Å². The number of primary amides is 1. The fourth-order valence-electron chi connectivity index (χ4n) is 7.45. The zero-order valence-corrected chi connectivity index (χ0v) is 23.7. The van der Waals surface area contributed by atoms with Crippen molar-refractivity contribution in [1.82, 2.24) is 42.1 Å². The lowest BCUT2D eigenvalue weighted by atomic mass is 9.89. The van der Waals surface area contributed by atoms with E-state index in [4.69, 9.17) is 30.5 Å². The van der Waals surface area contributed by atoms with Crippen molar-refractivity contribution in [1.29, 1.82) is 0 Å². The van der Waals surface area contributed by atoms with Gasteiger partial charge in [-0.15, -0.1) is 0 Å². The molecule has 6 aliphatic heterocycles. The van der Waals surface area contributed by atoms with Gasteiger partial charge in [0.25, 0.3) is 0 Å². The van der Waals surface area contributed by atoms with Gasteiger partial charge in [-0.3, -0.25) is 35.7 Å². The first kappa shape index (κ1) is 28.8. The standard InChI is InChI=1S/C26H44N10O6/c27-14-3-1-2-4-15(14)31-26-33-24(20(23(28)38)25-29-12-30-36(25)26)32-18-9-16(34-42-18)13-11-40-22-17(37)10-19(41-21(13)22)35-5-7-39-8-6-35/h10,13-16,18,20-22,24-26,29-34H,1-9,11-12,27H2,(H2,28,38)/t13?,14-,15+,16?,18?,20?,21?,22?,24?,25?,26?/m1/s1. The van der Waals surface area contributed by atoms with Crippen LogP contribution in [0.3, 0.4) is 0 Å². The van der Waals surface area contributed by atoms with Crippen LogP contribution in [0.4, 0.5) is 0 Å². The average molecular weight is 593 g/mol. The number of amides is 1. The first-order valence-corrected chi connectivity index (χ1v) is 15.3. The van der Waals surface area contributed by atoms with E-state index in [9.17, 15) is 9.59 Å².